The third-order valence-corrected chi connectivity index (χ3v) is 7.69. The molecular weight excluding hydrogens is 542 g/mol. The zero-order valence-electron chi connectivity index (χ0n) is 22.3. The number of H-pyrrole nitrogens is 2. The first-order valence-electron chi connectivity index (χ1n) is 13.3. The van der Waals surface area contributed by atoms with Crippen LogP contribution in [0.4, 0.5) is 0 Å². The molecule has 0 spiro atoms. The Balaban J connectivity index is 1.09. The van der Waals surface area contributed by atoms with Gasteiger partial charge in [0, 0.05) is 42.9 Å². The fourth-order valence-corrected chi connectivity index (χ4v) is 5.36. The van der Waals surface area contributed by atoms with Crippen molar-refractivity contribution in [1.82, 2.24) is 34.4 Å². The minimum absolute atomic E-state index is 0.118. The standard InChI is InChI=1S/C30H28ClN7O3/c1-18-7-8-20(14-19(18)9-10-22-17-33-26-6-3-11-35-38(22)26)28(39)32-12-13-37-29(40)25(36-30(37)41)15-21-16-34-27-23(21)4-2-5-24(27)31/h2-8,11,14,16-17,34,40H,9-10,12-13,15H2,1H3,(H,32,39)(H,36,41). The Labute approximate surface area is 239 Å². The normalized spacial score (nSPS) is 11.5. The Hall–Kier alpha value is -4.83. The lowest BCUT2D eigenvalue weighted by Gasteiger charge is -2.10. The van der Waals surface area contributed by atoms with Gasteiger partial charge in [0.15, 0.2) is 5.65 Å². The highest BCUT2D eigenvalue weighted by molar-refractivity contribution is 6.35. The van der Waals surface area contributed by atoms with Gasteiger partial charge in [0.2, 0.25) is 5.88 Å². The second kappa shape index (κ2) is 11.0. The second-order valence-corrected chi connectivity index (χ2v) is 10.4. The number of carbonyl (C=O) groups excluding carboxylic acids is 1. The number of aromatic nitrogens is 6. The topological polar surface area (TPSA) is 133 Å². The van der Waals surface area contributed by atoms with Gasteiger partial charge in [0.1, 0.15) is 0 Å². The molecule has 4 heterocycles. The Morgan fingerprint density at radius 2 is 2.00 bits per heavy atom. The van der Waals surface area contributed by atoms with Gasteiger partial charge in [-0.1, -0.05) is 29.8 Å². The molecule has 0 unspecified atom stereocenters. The smallest absolute Gasteiger partial charge is 0.328 e. The SMILES string of the molecule is Cc1ccc(C(=O)NCCn2c(O)c(Cc3c[nH]c4c(Cl)cccc34)[nH]c2=O)cc1CCc1cnc2cccnn12. The molecule has 1 amide bonds. The molecule has 41 heavy (non-hydrogen) atoms. The molecule has 2 aromatic carbocycles. The van der Waals surface area contributed by atoms with Crippen molar-refractivity contribution in [2.45, 2.75) is 32.7 Å². The van der Waals surface area contributed by atoms with Crippen LogP contribution in [0.3, 0.4) is 0 Å². The molecule has 0 saturated heterocycles. The number of benzene rings is 2. The van der Waals surface area contributed by atoms with Gasteiger partial charge in [-0.2, -0.15) is 5.10 Å². The first kappa shape index (κ1) is 26.4. The van der Waals surface area contributed by atoms with Crippen LogP contribution in [0.15, 0.2) is 71.9 Å². The number of aryl methyl sites for hydroxylation is 3. The molecule has 0 aliphatic heterocycles. The first-order chi connectivity index (χ1) is 19.9. The number of carbonyl (C=O) groups is 1. The average molecular weight is 570 g/mol. The van der Waals surface area contributed by atoms with Crippen LogP contribution in [0.2, 0.25) is 5.02 Å². The second-order valence-electron chi connectivity index (χ2n) is 9.98. The fourth-order valence-electron chi connectivity index (χ4n) is 5.13. The number of fused-ring (bicyclic) bond motifs is 2. The van der Waals surface area contributed by atoms with Crippen molar-refractivity contribution in [3.05, 3.63) is 116 Å². The zero-order chi connectivity index (χ0) is 28.5. The fraction of sp³-hybridized carbons (Fsp3) is 0.200. The number of hydrogen-bond acceptors (Lipinski definition) is 5. The van der Waals surface area contributed by atoms with Gasteiger partial charge in [-0.3, -0.25) is 9.36 Å². The van der Waals surface area contributed by atoms with E-state index < -0.39 is 5.69 Å². The molecule has 208 valence electrons. The average Bonchev–Trinajstić information content (AvgIpc) is 3.65. The van der Waals surface area contributed by atoms with E-state index in [4.69, 9.17) is 11.6 Å². The molecule has 0 aliphatic carbocycles. The summed E-state index contributed by atoms with van der Waals surface area (Å²) in [6, 6.07) is 15.0. The van der Waals surface area contributed by atoms with Crippen LogP contribution < -0.4 is 11.0 Å². The van der Waals surface area contributed by atoms with Crippen molar-refractivity contribution in [3.8, 4) is 5.88 Å². The van der Waals surface area contributed by atoms with E-state index in [0.717, 1.165) is 51.8 Å². The lowest BCUT2D eigenvalue weighted by molar-refractivity contribution is 0.0951. The summed E-state index contributed by atoms with van der Waals surface area (Å²) in [7, 11) is 0. The molecule has 0 fully saturated rings. The van der Waals surface area contributed by atoms with Crippen molar-refractivity contribution in [3.63, 3.8) is 0 Å². The maximum atomic E-state index is 12.9. The van der Waals surface area contributed by atoms with E-state index in [0.29, 0.717) is 22.7 Å². The summed E-state index contributed by atoms with van der Waals surface area (Å²) >= 11 is 6.25. The van der Waals surface area contributed by atoms with E-state index in [-0.39, 0.29) is 24.9 Å². The highest BCUT2D eigenvalue weighted by Gasteiger charge is 2.16. The summed E-state index contributed by atoms with van der Waals surface area (Å²) in [4.78, 5) is 35.8. The third kappa shape index (κ3) is 5.21. The van der Waals surface area contributed by atoms with Crippen LogP contribution in [0.1, 0.15) is 38.4 Å². The molecule has 0 saturated carbocycles. The minimum atomic E-state index is -0.441. The summed E-state index contributed by atoms with van der Waals surface area (Å²) in [5.41, 5.74) is 6.15. The number of aromatic amines is 2. The van der Waals surface area contributed by atoms with Crippen molar-refractivity contribution in [1.29, 1.82) is 0 Å². The van der Waals surface area contributed by atoms with E-state index >= 15 is 0 Å². The molecule has 4 aromatic heterocycles. The largest absolute Gasteiger partial charge is 0.493 e. The van der Waals surface area contributed by atoms with E-state index in [9.17, 15) is 14.7 Å². The van der Waals surface area contributed by atoms with E-state index in [1.807, 2.05) is 60.2 Å². The number of halogens is 1. The quantitative estimate of drug-likeness (QED) is 0.207. The molecule has 0 radical (unpaired) electrons. The molecular formula is C30H28ClN7O3. The van der Waals surface area contributed by atoms with Crippen LogP contribution >= 0.6 is 11.6 Å². The lowest BCUT2D eigenvalue weighted by Crippen LogP contribution is -2.30. The minimum Gasteiger partial charge on any atom is -0.493 e. The molecule has 0 atom stereocenters. The number of nitrogens with zero attached hydrogens (tertiary/aromatic N) is 4. The van der Waals surface area contributed by atoms with Crippen LogP contribution in [0, 0.1) is 6.92 Å². The number of aromatic hydroxyl groups is 1. The van der Waals surface area contributed by atoms with E-state index in [1.165, 1.54) is 4.57 Å². The summed E-state index contributed by atoms with van der Waals surface area (Å²) in [5.74, 6) is -0.401. The first-order valence-corrected chi connectivity index (χ1v) is 13.7. The summed E-state index contributed by atoms with van der Waals surface area (Å²) in [6.07, 6.45) is 7.16. The number of amides is 1. The number of rotatable bonds is 9. The van der Waals surface area contributed by atoms with Crippen molar-refractivity contribution < 1.29 is 9.90 Å². The summed E-state index contributed by atoms with van der Waals surface area (Å²) < 4.78 is 3.05. The summed E-state index contributed by atoms with van der Waals surface area (Å²) in [6.45, 7) is 2.31. The molecule has 10 nitrogen and oxygen atoms in total. The molecule has 6 aromatic rings. The van der Waals surface area contributed by atoms with Gasteiger partial charge in [0.25, 0.3) is 5.91 Å². The summed E-state index contributed by atoms with van der Waals surface area (Å²) in [5, 5.41) is 19.5. The molecule has 0 aliphatic rings. The maximum Gasteiger partial charge on any atom is 0.328 e. The predicted octanol–water partition coefficient (Wildman–Crippen LogP) is 4.17. The highest BCUT2D eigenvalue weighted by Crippen LogP contribution is 2.28. The Morgan fingerprint density at radius 1 is 1.12 bits per heavy atom. The van der Waals surface area contributed by atoms with Crippen LogP contribution in [0.25, 0.3) is 16.6 Å². The monoisotopic (exact) mass is 569 g/mol. The lowest BCUT2D eigenvalue weighted by atomic mass is 10.00. The molecule has 4 N–H and O–H groups in total. The molecule has 11 heteroatoms. The number of imidazole rings is 2. The van der Waals surface area contributed by atoms with Gasteiger partial charge in [-0.05, 0) is 66.8 Å². The highest BCUT2D eigenvalue weighted by atomic mass is 35.5. The zero-order valence-corrected chi connectivity index (χ0v) is 23.1. The Morgan fingerprint density at radius 3 is 2.88 bits per heavy atom. The Kier molecular flexibility index (Phi) is 7.07. The third-order valence-electron chi connectivity index (χ3n) is 7.38. The van der Waals surface area contributed by atoms with Crippen LogP contribution in [0.5, 0.6) is 5.88 Å². The van der Waals surface area contributed by atoms with Crippen molar-refractivity contribution >= 4 is 34.1 Å². The number of nitrogens with one attached hydrogen (secondary N) is 3. The molecule has 0 bridgehead atoms. The number of hydrogen-bond donors (Lipinski definition) is 4. The van der Waals surface area contributed by atoms with Gasteiger partial charge in [-0.15, -0.1) is 0 Å². The van der Waals surface area contributed by atoms with E-state index in [2.05, 4.69) is 25.4 Å². The predicted molar refractivity (Wildman–Crippen MR) is 157 cm³/mol. The van der Waals surface area contributed by atoms with Gasteiger partial charge in [0.05, 0.1) is 28.1 Å². The Bertz CT molecular complexity index is 1950. The number of para-hydroxylation sites is 1. The van der Waals surface area contributed by atoms with Gasteiger partial charge < -0.3 is 20.4 Å². The maximum absolute atomic E-state index is 12.9. The molecule has 6 rings (SSSR count). The van der Waals surface area contributed by atoms with Gasteiger partial charge in [-0.25, -0.2) is 14.3 Å². The van der Waals surface area contributed by atoms with Crippen LogP contribution in [-0.2, 0) is 25.8 Å². The van der Waals surface area contributed by atoms with Crippen molar-refractivity contribution in [2.24, 2.45) is 0 Å². The van der Waals surface area contributed by atoms with E-state index in [1.54, 1.807) is 18.3 Å². The van der Waals surface area contributed by atoms with Crippen LogP contribution in [-0.4, -0.2) is 46.7 Å². The van der Waals surface area contributed by atoms with Gasteiger partial charge >= 0.3 is 5.69 Å². The van der Waals surface area contributed by atoms with Crippen molar-refractivity contribution in [2.75, 3.05) is 6.54 Å².